The Hall–Kier alpha value is -0.670. The highest BCUT2D eigenvalue weighted by Crippen LogP contribution is 2.08. The van der Waals surface area contributed by atoms with Crippen LogP contribution in [0, 0.1) is 0 Å². The number of nitrogens with zero attached hydrogens (tertiary/aromatic N) is 3. The van der Waals surface area contributed by atoms with E-state index in [1.165, 1.54) is 12.2 Å². The second kappa shape index (κ2) is 13.5. The van der Waals surface area contributed by atoms with E-state index in [1.807, 2.05) is 49.1 Å². The molecule has 0 radical (unpaired) electrons. The quantitative estimate of drug-likeness (QED) is 0.269. The van der Waals surface area contributed by atoms with Gasteiger partial charge in [-0.2, -0.15) is 11.8 Å². The monoisotopic (exact) mass is 478 g/mol. The van der Waals surface area contributed by atoms with Crippen LogP contribution in [0.5, 0.6) is 5.75 Å². The van der Waals surface area contributed by atoms with Crippen LogP contribution in [0.25, 0.3) is 0 Å². The Bertz CT molecular complexity index is 481. The lowest BCUT2D eigenvalue weighted by Crippen LogP contribution is -2.53. The maximum atomic E-state index is 5.79. The average molecular weight is 478 g/mol. The molecule has 1 heterocycles. The second-order valence-corrected chi connectivity index (χ2v) is 6.80. The van der Waals surface area contributed by atoms with Crippen molar-refractivity contribution in [1.29, 1.82) is 0 Å². The molecule has 5 nitrogen and oxygen atoms in total. The van der Waals surface area contributed by atoms with Crippen LogP contribution in [0.3, 0.4) is 0 Å². The molecule has 0 amide bonds. The van der Waals surface area contributed by atoms with Gasteiger partial charge >= 0.3 is 0 Å². The van der Waals surface area contributed by atoms with Gasteiger partial charge in [0, 0.05) is 46.3 Å². The van der Waals surface area contributed by atoms with Crippen LogP contribution < -0.4 is 10.1 Å². The van der Waals surface area contributed by atoms with E-state index < -0.39 is 0 Å². The zero-order chi connectivity index (χ0) is 17.0. The van der Waals surface area contributed by atoms with Crippen molar-refractivity contribution in [3.63, 3.8) is 0 Å². The average Bonchev–Trinajstić information content (AvgIpc) is 2.64. The van der Waals surface area contributed by atoms with Crippen molar-refractivity contribution in [1.82, 2.24) is 15.1 Å². The summed E-state index contributed by atoms with van der Waals surface area (Å²) in [6, 6.07) is 10.0. The maximum Gasteiger partial charge on any atom is 0.193 e. The number of hydrogen-bond acceptors (Lipinski definition) is 4. The van der Waals surface area contributed by atoms with Crippen molar-refractivity contribution < 1.29 is 4.74 Å². The van der Waals surface area contributed by atoms with Crippen molar-refractivity contribution in [3.8, 4) is 5.75 Å². The Morgan fingerprint density at radius 2 is 1.92 bits per heavy atom. The van der Waals surface area contributed by atoms with Crippen LogP contribution in [0.1, 0.15) is 6.42 Å². The molecule has 1 saturated heterocycles. The molecule has 25 heavy (non-hydrogen) atoms. The van der Waals surface area contributed by atoms with Crippen molar-refractivity contribution in [3.05, 3.63) is 30.3 Å². The van der Waals surface area contributed by atoms with Crippen molar-refractivity contribution >= 4 is 41.7 Å². The number of nitrogens with one attached hydrogen (secondary N) is 1. The lowest BCUT2D eigenvalue weighted by Gasteiger charge is -2.36. The number of halogens is 1. The normalized spacial score (nSPS) is 15.6. The van der Waals surface area contributed by atoms with Gasteiger partial charge in [-0.15, -0.1) is 24.0 Å². The molecule has 0 unspecified atom stereocenters. The summed E-state index contributed by atoms with van der Waals surface area (Å²) < 4.78 is 5.79. The van der Waals surface area contributed by atoms with E-state index in [-0.39, 0.29) is 24.0 Å². The van der Waals surface area contributed by atoms with Crippen LogP contribution in [-0.2, 0) is 0 Å². The third-order valence-electron chi connectivity index (χ3n) is 4.11. The van der Waals surface area contributed by atoms with E-state index in [9.17, 15) is 0 Å². The predicted molar refractivity (Wildman–Crippen MR) is 120 cm³/mol. The number of hydrogen-bond donors (Lipinski definition) is 1. The number of ether oxygens (including phenoxy) is 1. The molecule has 0 spiro atoms. The standard InChI is InChI=1S/C18H30N4OS.HI/c1-19-18(20-9-6-16-24-2)22-12-10-21(11-13-22)14-15-23-17-7-4-3-5-8-17;/h3-5,7-8H,6,9-16H2,1-2H3,(H,19,20);1H. The summed E-state index contributed by atoms with van der Waals surface area (Å²) in [5, 5.41) is 3.47. The van der Waals surface area contributed by atoms with Gasteiger partial charge in [0.2, 0.25) is 0 Å². The minimum absolute atomic E-state index is 0. The molecule has 2 rings (SSSR count). The molecular weight excluding hydrogens is 447 g/mol. The SMILES string of the molecule is CN=C(NCCCSC)N1CCN(CCOc2ccccc2)CC1.I. The van der Waals surface area contributed by atoms with Crippen LogP contribution in [0.2, 0.25) is 0 Å². The van der Waals surface area contributed by atoms with E-state index in [0.717, 1.165) is 57.6 Å². The van der Waals surface area contributed by atoms with E-state index in [1.54, 1.807) is 0 Å². The number of para-hydroxylation sites is 1. The van der Waals surface area contributed by atoms with Crippen LogP contribution in [0.15, 0.2) is 35.3 Å². The Morgan fingerprint density at radius 1 is 1.20 bits per heavy atom. The Labute approximate surface area is 173 Å². The lowest BCUT2D eigenvalue weighted by atomic mass is 10.3. The largest absolute Gasteiger partial charge is 0.492 e. The molecule has 7 heteroatoms. The topological polar surface area (TPSA) is 40.1 Å². The molecule has 1 aromatic carbocycles. The van der Waals surface area contributed by atoms with Gasteiger partial charge in [-0.3, -0.25) is 9.89 Å². The Kier molecular flexibility index (Phi) is 12.1. The van der Waals surface area contributed by atoms with Gasteiger partial charge in [0.15, 0.2) is 5.96 Å². The zero-order valence-electron chi connectivity index (χ0n) is 15.3. The van der Waals surface area contributed by atoms with Crippen LogP contribution >= 0.6 is 35.7 Å². The van der Waals surface area contributed by atoms with Gasteiger partial charge < -0.3 is 15.0 Å². The van der Waals surface area contributed by atoms with Gasteiger partial charge in [0.1, 0.15) is 12.4 Å². The first kappa shape index (κ1) is 22.4. The van der Waals surface area contributed by atoms with Crippen molar-refractivity contribution in [2.45, 2.75) is 6.42 Å². The highest BCUT2D eigenvalue weighted by Gasteiger charge is 2.19. The maximum absolute atomic E-state index is 5.79. The van der Waals surface area contributed by atoms with Gasteiger partial charge in [0.05, 0.1) is 0 Å². The molecule has 0 aromatic heterocycles. The number of aliphatic imine (C=N–C) groups is 1. The second-order valence-electron chi connectivity index (χ2n) is 5.81. The number of guanidine groups is 1. The predicted octanol–water partition coefficient (Wildman–Crippen LogP) is 2.63. The van der Waals surface area contributed by atoms with Gasteiger partial charge in [-0.05, 0) is 30.6 Å². The van der Waals surface area contributed by atoms with E-state index in [2.05, 4.69) is 26.4 Å². The van der Waals surface area contributed by atoms with Gasteiger partial charge in [-0.25, -0.2) is 0 Å². The third kappa shape index (κ3) is 8.50. The summed E-state index contributed by atoms with van der Waals surface area (Å²) in [5.41, 5.74) is 0. The van der Waals surface area contributed by atoms with E-state index in [4.69, 9.17) is 4.74 Å². The molecule has 142 valence electrons. The third-order valence-corrected chi connectivity index (χ3v) is 4.81. The Balaban J connectivity index is 0.00000312. The fraction of sp³-hybridized carbons (Fsp3) is 0.611. The summed E-state index contributed by atoms with van der Waals surface area (Å²) >= 11 is 1.89. The van der Waals surface area contributed by atoms with E-state index >= 15 is 0 Å². The van der Waals surface area contributed by atoms with Crippen LogP contribution in [0.4, 0.5) is 0 Å². The van der Waals surface area contributed by atoms with E-state index in [0.29, 0.717) is 0 Å². The van der Waals surface area contributed by atoms with Gasteiger partial charge in [0.25, 0.3) is 0 Å². The highest BCUT2D eigenvalue weighted by molar-refractivity contribution is 14.0. The van der Waals surface area contributed by atoms with Crippen molar-refractivity contribution in [2.24, 2.45) is 4.99 Å². The molecule has 0 bridgehead atoms. The summed E-state index contributed by atoms with van der Waals surface area (Å²) in [6.45, 7) is 6.88. The molecule has 1 aromatic rings. The molecule has 1 aliphatic heterocycles. The number of rotatable bonds is 8. The molecule has 0 atom stereocenters. The summed E-state index contributed by atoms with van der Waals surface area (Å²) in [7, 11) is 1.87. The number of piperazine rings is 1. The first-order chi connectivity index (χ1) is 11.8. The fourth-order valence-corrected chi connectivity index (χ4v) is 3.17. The Morgan fingerprint density at radius 3 is 2.56 bits per heavy atom. The van der Waals surface area contributed by atoms with Gasteiger partial charge in [-0.1, -0.05) is 18.2 Å². The summed E-state index contributed by atoms with van der Waals surface area (Å²) in [6.07, 6.45) is 3.33. The summed E-state index contributed by atoms with van der Waals surface area (Å²) in [5.74, 6) is 3.18. The fourth-order valence-electron chi connectivity index (χ4n) is 2.74. The molecule has 1 fully saturated rings. The molecular formula is C18H31IN4OS. The smallest absolute Gasteiger partial charge is 0.193 e. The molecule has 0 aliphatic carbocycles. The van der Waals surface area contributed by atoms with Crippen LogP contribution in [-0.4, -0.2) is 80.7 Å². The molecule has 1 aliphatic rings. The highest BCUT2D eigenvalue weighted by atomic mass is 127. The first-order valence-electron chi connectivity index (χ1n) is 8.68. The lowest BCUT2D eigenvalue weighted by molar-refractivity contribution is 0.152. The van der Waals surface area contributed by atoms with Crippen molar-refractivity contribution in [2.75, 3.05) is 64.9 Å². The number of benzene rings is 1. The minimum atomic E-state index is 0. The molecule has 0 saturated carbocycles. The molecule has 1 N–H and O–H groups in total. The number of thioether (sulfide) groups is 1. The zero-order valence-corrected chi connectivity index (χ0v) is 18.5. The first-order valence-corrected chi connectivity index (χ1v) is 10.1. The minimum Gasteiger partial charge on any atom is -0.492 e. The summed E-state index contributed by atoms with van der Waals surface area (Å²) in [4.78, 5) is 9.23.